The van der Waals surface area contributed by atoms with Crippen LogP contribution in [0.15, 0.2) is 44.7 Å². The Kier molecular flexibility index (Phi) is 3.40. The Balaban J connectivity index is 1.88. The van der Waals surface area contributed by atoms with Gasteiger partial charge in [0, 0.05) is 16.6 Å². The van der Waals surface area contributed by atoms with Gasteiger partial charge in [0.05, 0.1) is 14.4 Å². The SMILES string of the molecule is Brc1ccc(-n2nc(-c3ccc(Br)s3)c3c2NCC3)cc1. The molecule has 3 aromatic rings. The van der Waals surface area contributed by atoms with Crippen molar-refractivity contribution in [3.05, 3.63) is 50.2 Å². The summed E-state index contributed by atoms with van der Waals surface area (Å²) in [6, 6.07) is 12.4. The summed E-state index contributed by atoms with van der Waals surface area (Å²) in [5, 5.41) is 8.30. The first-order valence-electron chi connectivity index (χ1n) is 6.60. The average molecular weight is 425 g/mol. The van der Waals surface area contributed by atoms with Gasteiger partial charge in [-0.15, -0.1) is 11.3 Å². The minimum atomic E-state index is 0.975. The number of thiophene rings is 1. The molecule has 3 nitrogen and oxygen atoms in total. The number of hydrogen-bond acceptors (Lipinski definition) is 3. The molecule has 0 spiro atoms. The zero-order valence-electron chi connectivity index (χ0n) is 10.9. The Hall–Kier alpha value is -1.11. The minimum absolute atomic E-state index is 0.975. The number of rotatable bonds is 2. The number of benzene rings is 1. The molecule has 0 fully saturated rings. The number of halogens is 2. The molecule has 0 atom stereocenters. The number of nitrogens with zero attached hydrogens (tertiary/aromatic N) is 2. The van der Waals surface area contributed by atoms with Crippen LogP contribution in [0.1, 0.15) is 5.56 Å². The second-order valence-electron chi connectivity index (χ2n) is 4.84. The Labute approximate surface area is 143 Å². The van der Waals surface area contributed by atoms with Gasteiger partial charge >= 0.3 is 0 Å². The van der Waals surface area contributed by atoms with Crippen molar-refractivity contribution in [1.29, 1.82) is 0 Å². The summed E-state index contributed by atoms with van der Waals surface area (Å²) in [4.78, 5) is 1.21. The highest BCUT2D eigenvalue weighted by atomic mass is 79.9. The molecule has 0 saturated carbocycles. The third-order valence-corrected chi connectivity index (χ3v) is 5.69. The van der Waals surface area contributed by atoms with Crippen molar-refractivity contribution in [2.24, 2.45) is 0 Å². The molecule has 1 aromatic carbocycles. The molecule has 0 aliphatic carbocycles. The van der Waals surface area contributed by atoms with Gasteiger partial charge < -0.3 is 5.32 Å². The van der Waals surface area contributed by atoms with Gasteiger partial charge in [-0.2, -0.15) is 5.10 Å². The monoisotopic (exact) mass is 423 g/mol. The first-order valence-corrected chi connectivity index (χ1v) is 9.00. The molecular formula is C15H11Br2N3S. The second kappa shape index (κ2) is 5.26. The number of nitrogens with one attached hydrogen (secondary N) is 1. The van der Waals surface area contributed by atoms with Gasteiger partial charge in [0.1, 0.15) is 11.5 Å². The van der Waals surface area contributed by atoms with Gasteiger partial charge in [-0.3, -0.25) is 0 Å². The van der Waals surface area contributed by atoms with Crippen molar-refractivity contribution in [3.8, 4) is 16.3 Å². The number of fused-ring (bicyclic) bond motifs is 1. The van der Waals surface area contributed by atoms with Gasteiger partial charge in [0.15, 0.2) is 0 Å². The van der Waals surface area contributed by atoms with E-state index < -0.39 is 0 Å². The molecule has 1 aliphatic rings. The molecule has 21 heavy (non-hydrogen) atoms. The third-order valence-electron chi connectivity index (χ3n) is 3.53. The van der Waals surface area contributed by atoms with Crippen LogP contribution in [0.4, 0.5) is 5.82 Å². The maximum atomic E-state index is 4.84. The highest BCUT2D eigenvalue weighted by Crippen LogP contribution is 2.38. The standard InChI is InChI=1S/C15H11Br2N3S/c16-9-1-3-10(4-2-9)20-15-11(7-8-18-15)14(19-20)12-5-6-13(17)21-12/h1-6,18H,7-8H2. The van der Waals surface area contributed by atoms with Crippen LogP contribution in [-0.4, -0.2) is 16.3 Å². The maximum absolute atomic E-state index is 4.84. The summed E-state index contributed by atoms with van der Waals surface area (Å²) in [5.74, 6) is 1.12. The van der Waals surface area contributed by atoms with Gasteiger partial charge in [-0.25, -0.2) is 4.68 Å². The lowest BCUT2D eigenvalue weighted by molar-refractivity contribution is 0.883. The maximum Gasteiger partial charge on any atom is 0.133 e. The topological polar surface area (TPSA) is 29.9 Å². The summed E-state index contributed by atoms with van der Waals surface area (Å²) in [6.45, 7) is 0.975. The van der Waals surface area contributed by atoms with Crippen molar-refractivity contribution < 1.29 is 0 Å². The van der Waals surface area contributed by atoms with E-state index in [1.165, 1.54) is 10.4 Å². The van der Waals surface area contributed by atoms with E-state index in [2.05, 4.69) is 61.4 Å². The lowest BCUT2D eigenvalue weighted by atomic mass is 10.2. The molecule has 4 rings (SSSR count). The molecule has 0 radical (unpaired) electrons. The van der Waals surface area contributed by atoms with Crippen molar-refractivity contribution in [1.82, 2.24) is 9.78 Å². The van der Waals surface area contributed by atoms with Crippen molar-refractivity contribution in [3.63, 3.8) is 0 Å². The summed E-state index contributed by atoms with van der Waals surface area (Å²) in [7, 11) is 0. The molecule has 106 valence electrons. The van der Waals surface area contributed by atoms with Gasteiger partial charge in [0.25, 0.3) is 0 Å². The van der Waals surface area contributed by atoms with Crippen molar-refractivity contribution in [2.75, 3.05) is 11.9 Å². The largest absolute Gasteiger partial charge is 0.369 e. The van der Waals surface area contributed by atoms with Crippen LogP contribution in [0, 0.1) is 0 Å². The predicted octanol–water partition coefficient (Wildman–Crippen LogP) is 5.09. The lowest BCUT2D eigenvalue weighted by Gasteiger charge is -2.06. The Morgan fingerprint density at radius 2 is 1.90 bits per heavy atom. The van der Waals surface area contributed by atoms with Crippen molar-refractivity contribution in [2.45, 2.75) is 6.42 Å². The summed E-state index contributed by atoms with van der Waals surface area (Å²) >= 11 is 8.73. The molecular weight excluding hydrogens is 414 g/mol. The zero-order valence-corrected chi connectivity index (χ0v) is 14.9. The van der Waals surface area contributed by atoms with Gasteiger partial charge in [0.2, 0.25) is 0 Å². The fourth-order valence-corrected chi connectivity index (χ4v) is 4.25. The number of anilines is 1. The highest BCUT2D eigenvalue weighted by Gasteiger charge is 2.24. The molecule has 1 aliphatic heterocycles. The van der Waals surface area contributed by atoms with E-state index in [0.717, 1.165) is 38.4 Å². The summed E-state index contributed by atoms with van der Waals surface area (Å²) in [6.07, 6.45) is 1.02. The average Bonchev–Trinajstić information content (AvgIpc) is 3.15. The van der Waals surface area contributed by atoms with E-state index in [1.807, 2.05) is 16.8 Å². The molecule has 1 N–H and O–H groups in total. The zero-order chi connectivity index (χ0) is 14.4. The van der Waals surface area contributed by atoms with Crippen LogP contribution in [-0.2, 0) is 6.42 Å². The van der Waals surface area contributed by atoms with Crippen LogP contribution in [0.25, 0.3) is 16.3 Å². The van der Waals surface area contributed by atoms with E-state index in [0.29, 0.717) is 0 Å². The minimum Gasteiger partial charge on any atom is -0.369 e. The third kappa shape index (κ3) is 2.35. The van der Waals surface area contributed by atoms with E-state index in [4.69, 9.17) is 5.10 Å². The number of aromatic nitrogens is 2. The Morgan fingerprint density at radius 1 is 1.10 bits per heavy atom. The molecule has 0 unspecified atom stereocenters. The quantitative estimate of drug-likeness (QED) is 0.620. The molecule has 0 amide bonds. The van der Waals surface area contributed by atoms with Crippen LogP contribution in [0.5, 0.6) is 0 Å². The van der Waals surface area contributed by atoms with Crippen LogP contribution in [0.2, 0.25) is 0 Å². The Bertz CT molecular complexity index is 805. The fraction of sp³-hybridized carbons (Fsp3) is 0.133. The normalized spacial score (nSPS) is 13.2. The molecule has 3 heterocycles. The van der Waals surface area contributed by atoms with Crippen LogP contribution < -0.4 is 5.32 Å². The molecule has 6 heteroatoms. The van der Waals surface area contributed by atoms with E-state index in [-0.39, 0.29) is 0 Å². The van der Waals surface area contributed by atoms with Crippen LogP contribution in [0.3, 0.4) is 0 Å². The smallest absolute Gasteiger partial charge is 0.133 e. The molecule has 0 saturated heterocycles. The fourth-order valence-electron chi connectivity index (χ4n) is 2.58. The summed E-state index contributed by atoms with van der Waals surface area (Å²) in [5.41, 5.74) is 3.48. The Morgan fingerprint density at radius 3 is 2.62 bits per heavy atom. The number of hydrogen-bond donors (Lipinski definition) is 1. The lowest BCUT2D eigenvalue weighted by Crippen LogP contribution is -2.03. The molecule has 0 bridgehead atoms. The molecule has 2 aromatic heterocycles. The van der Waals surface area contributed by atoms with E-state index in [1.54, 1.807) is 11.3 Å². The second-order valence-corrected chi connectivity index (χ2v) is 8.22. The van der Waals surface area contributed by atoms with Crippen molar-refractivity contribution >= 4 is 49.0 Å². The highest BCUT2D eigenvalue weighted by molar-refractivity contribution is 9.11. The van der Waals surface area contributed by atoms with E-state index >= 15 is 0 Å². The van der Waals surface area contributed by atoms with E-state index in [9.17, 15) is 0 Å². The predicted molar refractivity (Wildman–Crippen MR) is 94.5 cm³/mol. The van der Waals surface area contributed by atoms with Gasteiger partial charge in [-0.05, 0) is 58.7 Å². The first-order chi connectivity index (χ1) is 10.2. The first kappa shape index (κ1) is 13.5. The van der Waals surface area contributed by atoms with Gasteiger partial charge in [-0.1, -0.05) is 15.9 Å². The summed E-state index contributed by atoms with van der Waals surface area (Å²) < 4.78 is 4.22. The van der Waals surface area contributed by atoms with Crippen LogP contribution >= 0.6 is 43.2 Å².